The Balaban J connectivity index is 2.24. The lowest BCUT2D eigenvalue weighted by Gasteiger charge is -2.08. The lowest BCUT2D eigenvalue weighted by atomic mass is 10.2. The molecule has 2 aromatic rings. The molecular formula is C11H10N4O5. The Kier molecular flexibility index (Phi) is 3.51. The maximum absolute atomic E-state index is 11.8. The number of nitrogens with one attached hydrogen (secondary N) is 1. The van der Waals surface area contributed by atoms with Gasteiger partial charge in [0, 0.05) is 11.8 Å². The molecule has 0 aliphatic carbocycles. The standard InChI is InChI=1S/C11H10N4O5/c1-19-7-4-5(2-3-6(7)11(17)18)13-10(16)8-9(12)15-20-14-8/h2-4H,1H3,(H2,12,15)(H,13,16)(H,17,18). The molecular weight excluding hydrogens is 268 g/mol. The fourth-order valence-electron chi connectivity index (χ4n) is 1.49. The second-order valence-electron chi connectivity index (χ2n) is 3.67. The van der Waals surface area contributed by atoms with E-state index in [0.717, 1.165) is 0 Å². The van der Waals surface area contributed by atoms with Gasteiger partial charge < -0.3 is 20.9 Å². The van der Waals surface area contributed by atoms with Crippen molar-refractivity contribution in [1.82, 2.24) is 10.3 Å². The number of nitrogen functional groups attached to an aromatic ring is 1. The normalized spacial score (nSPS) is 10.1. The van der Waals surface area contributed by atoms with Crippen molar-refractivity contribution in [2.75, 3.05) is 18.2 Å². The maximum atomic E-state index is 11.8. The molecule has 4 N–H and O–H groups in total. The SMILES string of the molecule is COc1cc(NC(=O)c2nonc2N)ccc1C(=O)O. The van der Waals surface area contributed by atoms with Crippen molar-refractivity contribution >= 4 is 23.4 Å². The number of anilines is 2. The minimum atomic E-state index is -1.13. The summed E-state index contributed by atoms with van der Waals surface area (Å²) in [6, 6.07) is 4.08. The van der Waals surface area contributed by atoms with Gasteiger partial charge in [-0.2, -0.15) is 0 Å². The fraction of sp³-hybridized carbons (Fsp3) is 0.0909. The van der Waals surface area contributed by atoms with Crippen molar-refractivity contribution < 1.29 is 24.1 Å². The quantitative estimate of drug-likeness (QED) is 0.738. The van der Waals surface area contributed by atoms with Crippen LogP contribution in [-0.2, 0) is 0 Å². The molecule has 1 aromatic heterocycles. The summed E-state index contributed by atoms with van der Waals surface area (Å²) in [6.45, 7) is 0. The average molecular weight is 278 g/mol. The first kappa shape index (κ1) is 13.3. The van der Waals surface area contributed by atoms with Crippen LogP contribution < -0.4 is 15.8 Å². The number of nitrogens with zero attached hydrogens (tertiary/aromatic N) is 2. The van der Waals surface area contributed by atoms with Crippen LogP contribution in [0, 0.1) is 0 Å². The highest BCUT2D eigenvalue weighted by molar-refractivity contribution is 6.05. The maximum Gasteiger partial charge on any atom is 0.339 e. The van der Waals surface area contributed by atoms with Gasteiger partial charge in [-0.25, -0.2) is 9.42 Å². The predicted molar refractivity (Wildman–Crippen MR) is 66.6 cm³/mol. The highest BCUT2D eigenvalue weighted by Crippen LogP contribution is 2.23. The molecule has 1 amide bonds. The lowest BCUT2D eigenvalue weighted by molar-refractivity contribution is 0.0693. The van der Waals surface area contributed by atoms with Crippen LogP contribution in [0.25, 0.3) is 0 Å². The number of amides is 1. The van der Waals surface area contributed by atoms with E-state index in [2.05, 4.69) is 20.3 Å². The summed E-state index contributed by atoms with van der Waals surface area (Å²) in [5, 5.41) is 18.0. The molecule has 0 unspecified atom stereocenters. The highest BCUT2D eigenvalue weighted by Gasteiger charge is 2.17. The van der Waals surface area contributed by atoms with E-state index in [0.29, 0.717) is 5.69 Å². The Labute approximate surface area is 112 Å². The summed E-state index contributed by atoms with van der Waals surface area (Å²) in [7, 11) is 1.33. The van der Waals surface area contributed by atoms with Crippen molar-refractivity contribution in [3.05, 3.63) is 29.5 Å². The Morgan fingerprint density at radius 2 is 2.15 bits per heavy atom. The first-order chi connectivity index (χ1) is 9.52. The molecule has 0 fully saturated rings. The largest absolute Gasteiger partial charge is 0.496 e. The summed E-state index contributed by atoms with van der Waals surface area (Å²) in [6.07, 6.45) is 0. The molecule has 0 aliphatic heterocycles. The lowest BCUT2D eigenvalue weighted by Crippen LogP contribution is -2.14. The molecule has 0 atom stereocenters. The topological polar surface area (TPSA) is 141 Å². The number of ether oxygens (including phenoxy) is 1. The molecule has 0 radical (unpaired) electrons. The van der Waals surface area contributed by atoms with Gasteiger partial charge in [-0.1, -0.05) is 0 Å². The number of aromatic carboxylic acids is 1. The third-order valence-electron chi connectivity index (χ3n) is 2.42. The second kappa shape index (κ2) is 5.26. The second-order valence-corrected chi connectivity index (χ2v) is 3.67. The van der Waals surface area contributed by atoms with Crippen LogP contribution in [0.5, 0.6) is 5.75 Å². The van der Waals surface area contributed by atoms with Crippen molar-refractivity contribution in [1.29, 1.82) is 0 Å². The first-order valence-corrected chi connectivity index (χ1v) is 5.33. The summed E-state index contributed by atoms with van der Waals surface area (Å²) in [5.41, 5.74) is 5.52. The number of carboxylic acid groups (broad SMARTS) is 1. The van der Waals surface area contributed by atoms with Crippen molar-refractivity contribution in [2.45, 2.75) is 0 Å². The number of benzene rings is 1. The summed E-state index contributed by atoms with van der Waals surface area (Å²) in [4.78, 5) is 22.7. The predicted octanol–water partition coefficient (Wildman–Crippen LogP) is 0.611. The van der Waals surface area contributed by atoms with E-state index in [4.69, 9.17) is 15.6 Å². The zero-order valence-corrected chi connectivity index (χ0v) is 10.3. The first-order valence-electron chi connectivity index (χ1n) is 5.33. The van der Waals surface area contributed by atoms with E-state index in [9.17, 15) is 9.59 Å². The number of nitrogens with two attached hydrogens (primary N) is 1. The van der Waals surface area contributed by atoms with Crippen LogP contribution in [0.15, 0.2) is 22.8 Å². The minimum Gasteiger partial charge on any atom is -0.496 e. The van der Waals surface area contributed by atoms with Gasteiger partial charge in [0.15, 0.2) is 0 Å². The third kappa shape index (κ3) is 2.51. The zero-order chi connectivity index (χ0) is 14.7. The smallest absolute Gasteiger partial charge is 0.339 e. The number of hydrogen-bond donors (Lipinski definition) is 3. The van der Waals surface area contributed by atoms with Gasteiger partial charge in [0.05, 0.1) is 7.11 Å². The number of rotatable bonds is 4. The van der Waals surface area contributed by atoms with Crippen molar-refractivity contribution in [3.63, 3.8) is 0 Å². The van der Waals surface area contributed by atoms with Crippen LogP contribution >= 0.6 is 0 Å². The Morgan fingerprint density at radius 3 is 2.70 bits per heavy atom. The molecule has 20 heavy (non-hydrogen) atoms. The van der Waals surface area contributed by atoms with E-state index in [1.807, 2.05) is 0 Å². The Bertz CT molecular complexity index is 667. The van der Waals surface area contributed by atoms with E-state index < -0.39 is 11.9 Å². The summed E-state index contributed by atoms with van der Waals surface area (Å²) < 4.78 is 9.25. The molecule has 9 nitrogen and oxygen atoms in total. The van der Waals surface area contributed by atoms with Gasteiger partial charge in [-0.05, 0) is 22.4 Å². The van der Waals surface area contributed by atoms with E-state index in [1.165, 1.54) is 25.3 Å². The average Bonchev–Trinajstić information content (AvgIpc) is 2.84. The number of carbonyl (C=O) groups is 2. The number of aromatic nitrogens is 2. The minimum absolute atomic E-state index is 0.0203. The van der Waals surface area contributed by atoms with E-state index in [-0.39, 0.29) is 22.8 Å². The zero-order valence-electron chi connectivity index (χ0n) is 10.3. The Morgan fingerprint density at radius 1 is 1.40 bits per heavy atom. The van der Waals surface area contributed by atoms with Gasteiger partial charge in [0.25, 0.3) is 5.91 Å². The van der Waals surface area contributed by atoms with Crippen molar-refractivity contribution in [2.24, 2.45) is 0 Å². The third-order valence-corrected chi connectivity index (χ3v) is 2.42. The molecule has 0 aliphatic rings. The van der Waals surface area contributed by atoms with Crippen LogP contribution in [-0.4, -0.2) is 34.4 Å². The van der Waals surface area contributed by atoms with Gasteiger partial charge in [-0.3, -0.25) is 4.79 Å². The van der Waals surface area contributed by atoms with Crippen LogP contribution in [0.2, 0.25) is 0 Å². The molecule has 1 heterocycles. The molecule has 1 aromatic carbocycles. The molecule has 9 heteroatoms. The molecule has 0 spiro atoms. The van der Waals surface area contributed by atoms with Crippen LogP contribution in [0.4, 0.5) is 11.5 Å². The summed E-state index contributed by atoms with van der Waals surface area (Å²) >= 11 is 0. The molecule has 0 saturated heterocycles. The summed E-state index contributed by atoms with van der Waals surface area (Å²) in [5.74, 6) is -1.79. The Hall–Kier alpha value is -3.10. The molecule has 104 valence electrons. The fourth-order valence-corrected chi connectivity index (χ4v) is 1.49. The van der Waals surface area contributed by atoms with E-state index in [1.54, 1.807) is 0 Å². The van der Waals surface area contributed by atoms with Crippen LogP contribution in [0.3, 0.4) is 0 Å². The van der Waals surface area contributed by atoms with Gasteiger partial charge in [0.1, 0.15) is 11.3 Å². The highest BCUT2D eigenvalue weighted by atomic mass is 16.6. The van der Waals surface area contributed by atoms with Gasteiger partial charge >= 0.3 is 5.97 Å². The number of carboxylic acids is 1. The number of methoxy groups -OCH3 is 1. The monoisotopic (exact) mass is 278 g/mol. The van der Waals surface area contributed by atoms with E-state index >= 15 is 0 Å². The van der Waals surface area contributed by atoms with Crippen molar-refractivity contribution in [3.8, 4) is 5.75 Å². The molecule has 0 saturated carbocycles. The van der Waals surface area contributed by atoms with Gasteiger partial charge in [0.2, 0.25) is 11.5 Å². The van der Waals surface area contributed by atoms with Crippen LogP contribution in [0.1, 0.15) is 20.8 Å². The molecule has 0 bridgehead atoms. The molecule has 2 rings (SSSR count). The number of hydrogen-bond acceptors (Lipinski definition) is 7. The van der Waals surface area contributed by atoms with Gasteiger partial charge in [-0.15, -0.1) is 0 Å². The number of carbonyl (C=O) groups excluding carboxylic acids is 1.